The normalized spacial score (nSPS) is 9.95. The van der Waals surface area contributed by atoms with Crippen LogP contribution >= 0.6 is 0 Å². The van der Waals surface area contributed by atoms with E-state index in [2.05, 4.69) is 0 Å². The van der Waals surface area contributed by atoms with Crippen LogP contribution in [0.5, 0.6) is 11.5 Å². The Labute approximate surface area is 121 Å². The van der Waals surface area contributed by atoms with E-state index < -0.39 is 11.6 Å². The fourth-order valence-corrected chi connectivity index (χ4v) is 1.65. The van der Waals surface area contributed by atoms with Crippen LogP contribution in [-0.4, -0.2) is 13.2 Å². The summed E-state index contributed by atoms with van der Waals surface area (Å²) in [6, 6.07) is 12.5. The number of benzene rings is 2. The van der Waals surface area contributed by atoms with Crippen LogP contribution < -0.4 is 9.47 Å². The van der Waals surface area contributed by atoms with E-state index in [0.29, 0.717) is 24.3 Å². The average Bonchev–Trinajstić information content (AvgIpc) is 2.51. The van der Waals surface area contributed by atoms with Crippen LogP contribution in [0, 0.1) is 23.0 Å². The summed E-state index contributed by atoms with van der Waals surface area (Å²) >= 11 is 0. The van der Waals surface area contributed by atoms with Crippen molar-refractivity contribution in [2.45, 2.75) is 6.42 Å². The second-order valence-corrected chi connectivity index (χ2v) is 4.24. The lowest BCUT2D eigenvalue weighted by Crippen LogP contribution is -2.06. The van der Waals surface area contributed by atoms with Crippen molar-refractivity contribution in [1.82, 2.24) is 0 Å². The highest BCUT2D eigenvalue weighted by Crippen LogP contribution is 2.19. The second kappa shape index (κ2) is 7.25. The summed E-state index contributed by atoms with van der Waals surface area (Å²) in [6.45, 7) is 0.597. The number of hydrogen-bond acceptors (Lipinski definition) is 3. The fraction of sp³-hybridized carbons (Fsp3) is 0.188. The minimum Gasteiger partial charge on any atom is -0.493 e. The molecule has 3 nitrogen and oxygen atoms in total. The molecule has 0 atom stereocenters. The van der Waals surface area contributed by atoms with Gasteiger partial charge in [-0.05, 0) is 36.4 Å². The summed E-state index contributed by atoms with van der Waals surface area (Å²) in [6.07, 6.45) is 0.524. The first-order chi connectivity index (χ1) is 10.2. The van der Waals surface area contributed by atoms with Crippen LogP contribution in [-0.2, 0) is 0 Å². The molecule has 0 spiro atoms. The molecular formula is C16H13F2NO2. The number of rotatable bonds is 6. The molecule has 0 aliphatic carbocycles. The number of halogens is 2. The Morgan fingerprint density at radius 2 is 1.67 bits per heavy atom. The Morgan fingerprint density at radius 3 is 2.38 bits per heavy atom. The first-order valence-corrected chi connectivity index (χ1v) is 6.40. The van der Waals surface area contributed by atoms with Crippen molar-refractivity contribution in [2.24, 2.45) is 0 Å². The molecule has 0 heterocycles. The van der Waals surface area contributed by atoms with Crippen molar-refractivity contribution < 1.29 is 18.3 Å². The lowest BCUT2D eigenvalue weighted by molar-refractivity contribution is 0.239. The predicted molar refractivity (Wildman–Crippen MR) is 73.1 cm³/mol. The molecule has 0 saturated heterocycles. The van der Waals surface area contributed by atoms with E-state index in [9.17, 15) is 8.78 Å². The summed E-state index contributed by atoms with van der Waals surface area (Å²) in [5, 5.41) is 8.66. The van der Waals surface area contributed by atoms with E-state index >= 15 is 0 Å². The van der Waals surface area contributed by atoms with Crippen LogP contribution in [0.25, 0.3) is 0 Å². The average molecular weight is 289 g/mol. The quantitative estimate of drug-likeness (QED) is 0.762. The zero-order valence-electron chi connectivity index (χ0n) is 11.2. The Kier molecular flexibility index (Phi) is 5.10. The van der Waals surface area contributed by atoms with Gasteiger partial charge in [-0.2, -0.15) is 9.65 Å². The fourth-order valence-electron chi connectivity index (χ4n) is 1.65. The maximum atomic E-state index is 13.3. The van der Waals surface area contributed by atoms with Crippen molar-refractivity contribution in [2.75, 3.05) is 13.2 Å². The minimum atomic E-state index is -0.981. The molecule has 0 unspecified atom stereocenters. The third kappa shape index (κ3) is 4.18. The second-order valence-electron chi connectivity index (χ2n) is 4.24. The van der Waals surface area contributed by atoms with Crippen LogP contribution in [0.2, 0.25) is 0 Å². The van der Waals surface area contributed by atoms with Crippen LogP contribution in [0.15, 0.2) is 42.5 Å². The van der Waals surface area contributed by atoms with Gasteiger partial charge in [0, 0.05) is 6.42 Å². The summed E-state index contributed by atoms with van der Waals surface area (Å²) in [4.78, 5) is 0. The third-order valence-electron chi connectivity index (χ3n) is 2.71. The van der Waals surface area contributed by atoms with E-state index in [1.54, 1.807) is 24.3 Å². The molecule has 0 bridgehead atoms. The maximum Gasteiger partial charge on any atom is 0.200 e. The van der Waals surface area contributed by atoms with Gasteiger partial charge in [-0.15, -0.1) is 0 Å². The van der Waals surface area contributed by atoms with Gasteiger partial charge < -0.3 is 9.47 Å². The van der Waals surface area contributed by atoms with E-state index in [-0.39, 0.29) is 12.4 Å². The molecule has 0 radical (unpaired) electrons. The molecule has 5 heteroatoms. The predicted octanol–water partition coefficient (Wildman–Crippen LogP) is 3.68. The monoisotopic (exact) mass is 289 g/mol. The highest BCUT2D eigenvalue weighted by Gasteiger charge is 2.08. The largest absolute Gasteiger partial charge is 0.493 e. The van der Waals surface area contributed by atoms with Gasteiger partial charge >= 0.3 is 0 Å². The number of nitriles is 1. The lowest BCUT2D eigenvalue weighted by Gasteiger charge is -2.08. The van der Waals surface area contributed by atoms with Crippen molar-refractivity contribution in [3.63, 3.8) is 0 Å². The molecule has 108 valence electrons. The van der Waals surface area contributed by atoms with Gasteiger partial charge in [0.15, 0.2) is 11.6 Å². The SMILES string of the molecule is N#Cc1ccc(OCCCOc2cccc(F)c2F)cc1. The van der Waals surface area contributed by atoms with Gasteiger partial charge in [0.05, 0.1) is 24.8 Å². The highest BCUT2D eigenvalue weighted by atomic mass is 19.2. The molecule has 2 aromatic rings. The molecule has 21 heavy (non-hydrogen) atoms. The maximum absolute atomic E-state index is 13.3. The van der Waals surface area contributed by atoms with E-state index in [1.165, 1.54) is 12.1 Å². The van der Waals surface area contributed by atoms with Gasteiger partial charge in [-0.25, -0.2) is 4.39 Å². The highest BCUT2D eigenvalue weighted by molar-refractivity contribution is 5.34. The summed E-state index contributed by atoms with van der Waals surface area (Å²) in [7, 11) is 0. The standard InChI is InChI=1S/C16H13F2NO2/c17-14-3-1-4-15(16(14)18)21-10-2-9-20-13-7-5-12(11-19)6-8-13/h1,3-8H,2,9-10H2. The Balaban J connectivity index is 1.72. The summed E-state index contributed by atoms with van der Waals surface area (Å²) < 4.78 is 36.8. The Bertz CT molecular complexity index is 636. The number of ether oxygens (including phenoxy) is 2. The summed E-state index contributed by atoms with van der Waals surface area (Å²) in [5.74, 6) is -1.37. The van der Waals surface area contributed by atoms with Crippen LogP contribution in [0.1, 0.15) is 12.0 Å². The number of hydrogen-bond donors (Lipinski definition) is 0. The van der Waals surface area contributed by atoms with E-state index in [0.717, 1.165) is 6.07 Å². The van der Waals surface area contributed by atoms with Crippen molar-refractivity contribution in [3.8, 4) is 17.6 Å². The molecule has 0 aliphatic rings. The molecule has 0 aromatic heterocycles. The molecular weight excluding hydrogens is 276 g/mol. The first-order valence-electron chi connectivity index (χ1n) is 6.40. The zero-order chi connectivity index (χ0) is 15.1. The van der Waals surface area contributed by atoms with E-state index in [4.69, 9.17) is 14.7 Å². The van der Waals surface area contributed by atoms with Gasteiger partial charge in [-0.1, -0.05) is 6.07 Å². The van der Waals surface area contributed by atoms with Crippen molar-refractivity contribution in [1.29, 1.82) is 5.26 Å². The van der Waals surface area contributed by atoms with Gasteiger partial charge in [0.2, 0.25) is 5.82 Å². The minimum absolute atomic E-state index is 0.103. The van der Waals surface area contributed by atoms with Gasteiger partial charge in [0.25, 0.3) is 0 Å². The van der Waals surface area contributed by atoms with Crippen molar-refractivity contribution in [3.05, 3.63) is 59.7 Å². The Morgan fingerprint density at radius 1 is 0.952 bits per heavy atom. The topological polar surface area (TPSA) is 42.2 Å². The Hall–Kier alpha value is -2.61. The van der Waals surface area contributed by atoms with Gasteiger partial charge in [0.1, 0.15) is 5.75 Å². The molecule has 2 rings (SSSR count). The number of nitrogens with zero attached hydrogens (tertiary/aromatic N) is 1. The van der Waals surface area contributed by atoms with Gasteiger partial charge in [-0.3, -0.25) is 0 Å². The van der Waals surface area contributed by atoms with Crippen LogP contribution in [0.4, 0.5) is 8.78 Å². The zero-order valence-corrected chi connectivity index (χ0v) is 11.2. The third-order valence-corrected chi connectivity index (χ3v) is 2.71. The molecule has 2 aromatic carbocycles. The summed E-state index contributed by atoms with van der Waals surface area (Å²) in [5.41, 5.74) is 0.562. The molecule has 0 saturated carbocycles. The smallest absolute Gasteiger partial charge is 0.200 e. The van der Waals surface area contributed by atoms with E-state index in [1.807, 2.05) is 6.07 Å². The molecule has 0 N–H and O–H groups in total. The molecule has 0 aliphatic heterocycles. The lowest BCUT2D eigenvalue weighted by atomic mass is 10.2. The molecule has 0 fully saturated rings. The molecule has 0 amide bonds. The van der Waals surface area contributed by atoms with Crippen molar-refractivity contribution >= 4 is 0 Å². The first kappa shape index (κ1) is 14.8. The van der Waals surface area contributed by atoms with Crippen LogP contribution in [0.3, 0.4) is 0 Å².